The molecule has 0 aliphatic carbocycles. The van der Waals surface area contributed by atoms with Gasteiger partial charge in [-0.25, -0.2) is 0 Å². The standard InChI is InChI=1S/C11H20O10/c12-1-3(14)5(15)7(17)9(19)11-10(20)8(18)6(16)4(2-13)21-11/h3-8,10-18,20H,1-2H2/t3-,4-,5-,6-,7+,8+,10-,11?/m1/s1. The van der Waals surface area contributed by atoms with Crippen LogP contribution in [0.1, 0.15) is 0 Å². The number of Topliss-reactive ketones (excluding diaryl/α,β-unsaturated/α-hetero) is 1. The van der Waals surface area contributed by atoms with Crippen LogP contribution in [0.25, 0.3) is 0 Å². The molecule has 0 aromatic rings. The Balaban J connectivity index is 2.85. The molecule has 1 saturated heterocycles. The maximum atomic E-state index is 11.9. The first kappa shape index (κ1) is 18.4. The van der Waals surface area contributed by atoms with Crippen molar-refractivity contribution in [2.75, 3.05) is 13.2 Å². The summed E-state index contributed by atoms with van der Waals surface area (Å²) in [5.41, 5.74) is 0. The Labute approximate surface area is 119 Å². The number of ether oxygens (including phenoxy) is 1. The van der Waals surface area contributed by atoms with E-state index in [0.717, 1.165) is 0 Å². The molecule has 0 saturated carbocycles. The normalized spacial score (nSPS) is 37.8. The van der Waals surface area contributed by atoms with Crippen molar-refractivity contribution in [2.24, 2.45) is 0 Å². The van der Waals surface area contributed by atoms with Gasteiger partial charge in [-0.15, -0.1) is 0 Å². The minimum Gasteiger partial charge on any atom is -0.394 e. The Morgan fingerprint density at radius 1 is 1.00 bits per heavy atom. The number of carbonyl (C=O) groups is 1. The molecule has 0 aromatic heterocycles. The summed E-state index contributed by atoms with van der Waals surface area (Å²) in [7, 11) is 0. The fourth-order valence-electron chi connectivity index (χ4n) is 1.99. The first-order valence-electron chi connectivity index (χ1n) is 6.25. The minimum absolute atomic E-state index is 0.757. The lowest BCUT2D eigenvalue weighted by Crippen LogP contribution is -2.63. The molecular weight excluding hydrogens is 292 g/mol. The molecule has 1 unspecified atom stereocenters. The summed E-state index contributed by atoms with van der Waals surface area (Å²) < 4.78 is 4.90. The van der Waals surface area contributed by atoms with E-state index in [0.29, 0.717) is 0 Å². The van der Waals surface area contributed by atoms with Crippen molar-refractivity contribution in [2.45, 2.75) is 48.8 Å². The second-order valence-electron chi connectivity index (χ2n) is 4.84. The third kappa shape index (κ3) is 3.74. The highest BCUT2D eigenvalue weighted by atomic mass is 16.5. The Kier molecular flexibility index (Phi) is 6.59. The average molecular weight is 312 g/mol. The third-order valence-corrected chi connectivity index (χ3v) is 3.37. The van der Waals surface area contributed by atoms with E-state index in [1.165, 1.54) is 0 Å². The maximum absolute atomic E-state index is 11.9. The van der Waals surface area contributed by atoms with E-state index in [-0.39, 0.29) is 0 Å². The van der Waals surface area contributed by atoms with Crippen LogP contribution >= 0.6 is 0 Å². The Morgan fingerprint density at radius 3 is 2.05 bits per heavy atom. The van der Waals surface area contributed by atoms with Crippen molar-refractivity contribution < 1.29 is 50.4 Å². The summed E-state index contributed by atoms with van der Waals surface area (Å²) in [5.74, 6) is -1.27. The van der Waals surface area contributed by atoms with Crippen molar-refractivity contribution in [1.82, 2.24) is 0 Å². The largest absolute Gasteiger partial charge is 0.394 e. The predicted molar refractivity (Wildman–Crippen MR) is 63.9 cm³/mol. The molecule has 0 amide bonds. The molecule has 10 heteroatoms. The SMILES string of the molecule is O=C(C1O[C@H](CO)[C@@H](O)[C@H](O)[C@H]1O)[C@@H](O)[C@H](O)[C@H](O)CO. The fraction of sp³-hybridized carbons (Fsp3) is 0.909. The van der Waals surface area contributed by atoms with Gasteiger partial charge in [-0.3, -0.25) is 4.79 Å². The lowest BCUT2D eigenvalue weighted by atomic mass is 9.90. The van der Waals surface area contributed by atoms with Crippen molar-refractivity contribution in [3.8, 4) is 0 Å². The van der Waals surface area contributed by atoms with Gasteiger partial charge in [-0.2, -0.15) is 0 Å². The molecule has 0 spiro atoms. The van der Waals surface area contributed by atoms with Crippen LogP contribution in [-0.2, 0) is 9.53 Å². The molecule has 10 nitrogen and oxygen atoms in total. The Hall–Kier alpha value is -0.690. The predicted octanol–water partition coefficient (Wildman–Crippen LogP) is -5.53. The molecule has 8 N–H and O–H groups in total. The highest BCUT2D eigenvalue weighted by Crippen LogP contribution is 2.23. The Morgan fingerprint density at radius 2 is 1.57 bits per heavy atom. The van der Waals surface area contributed by atoms with Crippen molar-refractivity contribution in [1.29, 1.82) is 0 Å². The van der Waals surface area contributed by atoms with Crippen molar-refractivity contribution >= 4 is 5.78 Å². The van der Waals surface area contributed by atoms with Gasteiger partial charge in [0.1, 0.15) is 48.8 Å². The first-order chi connectivity index (χ1) is 9.76. The van der Waals surface area contributed by atoms with Crippen molar-refractivity contribution in [3.05, 3.63) is 0 Å². The summed E-state index contributed by atoms with van der Waals surface area (Å²) in [6.45, 7) is -1.67. The highest BCUT2D eigenvalue weighted by molar-refractivity contribution is 5.88. The van der Waals surface area contributed by atoms with Crippen LogP contribution in [0.4, 0.5) is 0 Å². The molecule has 1 heterocycles. The smallest absolute Gasteiger partial charge is 0.195 e. The highest BCUT2D eigenvalue weighted by Gasteiger charge is 2.48. The number of rotatable bonds is 6. The zero-order valence-electron chi connectivity index (χ0n) is 10.9. The second-order valence-corrected chi connectivity index (χ2v) is 4.84. The van der Waals surface area contributed by atoms with Gasteiger partial charge in [0.05, 0.1) is 13.2 Å². The van der Waals surface area contributed by atoms with E-state index in [1.54, 1.807) is 0 Å². The molecule has 124 valence electrons. The molecule has 0 radical (unpaired) electrons. The van der Waals surface area contributed by atoms with Gasteiger partial charge in [0.25, 0.3) is 0 Å². The average Bonchev–Trinajstić information content (AvgIpc) is 2.50. The molecule has 1 aliphatic heterocycles. The number of ketones is 1. The lowest BCUT2D eigenvalue weighted by molar-refractivity contribution is -0.230. The number of hydrogen-bond acceptors (Lipinski definition) is 10. The zero-order chi connectivity index (χ0) is 16.3. The first-order valence-corrected chi connectivity index (χ1v) is 6.25. The van der Waals surface area contributed by atoms with Crippen LogP contribution < -0.4 is 0 Å². The molecule has 0 bridgehead atoms. The molecule has 1 aliphatic rings. The van der Waals surface area contributed by atoms with Gasteiger partial charge < -0.3 is 45.6 Å². The molecule has 8 atom stereocenters. The van der Waals surface area contributed by atoms with Gasteiger partial charge in [0.2, 0.25) is 0 Å². The number of hydrogen-bond donors (Lipinski definition) is 8. The summed E-state index contributed by atoms with van der Waals surface area (Å²) in [4.78, 5) is 11.9. The van der Waals surface area contributed by atoms with Crippen LogP contribution in [0.3, 0.4) is 0 Å². The molecular formula is C11H20O10. The number of aliphatic hydroxyl groups is 8. The van der Waals surface area contributed by atoms with Crippen LogP contribution in [0.5, 0.6) is 0 Å². The van der Waals surface area contributed by atoms with Gasteiger partial charge in [0, 0.05) is 0 Å². The molecule has 1 rings (SSSR count). The molecule has 1 fully saturated rings. The van der Waals surface area contributed by atoms with E-state index < -0.39 is 67.8 Å². The van der Waals surface area contributed by atoms with E-state index in [1.807, 2.05) is 0 Å². The summed E-state index contributed by atoms with van der Waals surface area (Å²) >= 11 is 0. The van der Waals surface area contributed by atoms with Crippen molar-refractivity contribution in [3.63, 3.8) is 0 Å². The van der Waals surface area contributed by atoms with Crippen LogP contribution in [0.2, 0.25) is 0 Å². The van der Waals surface area contributed by atoms with Crippen LogP contribution in [-0.4, -0.2) is 109 Å². The van der Waals surface area contributed by atoms with Gasteiger partial charge in [-0.05, 0) is 0 Å². The maximum Gasteiger partial charge on any atom is 0.195 e. The Bertz CT molecular complexity index is 348. The number of carbonyl (C=O) groups excluding carboxylic acids is 1. The van der Waals surface area contributed by atoms with Gasteiger partial charge in [0.15, 0.2) is 5.78 Å². The summed E-state index contributed by atoms with van der Waals surface area (Å²) in [5, 5.41) is 74.5. The minimum atomic E-state index is -2.20. The fourth-order valence-corrected chi connectivity index (χ4v) is 1.99. The van der Waals surface area contributed by atoms with Gasteiger partial charge in [-0.1, -0.05) is 0 Å². The van der Waals surface area contributed by atoms with E-state index in [4.69, 9.17) is 20.1 Å². The van der Waals surface area contributed by atoms with Gasteiger partial charge >= 0.3 is 0 Å². The third-order valence-electron chi connectivity index (χ3n) is 3.37. The summed E-state index contributed by atoms with van der Waals surface area (Å²) in [6.07, 6.45) is -14.6. The molecule has 0 aromatic carbocycles. The second kappa shape index (κ2) is 7.54. The topological polar surface area (TPSA) is 188 Å². The van der Waals surface area contributed by atoms with Crippen LogP contribution in [0.15, 0.2) is 0 Å². The monoisotopic (exact) mass is 312 g/mol. The van der Waals surface area contributed by atoms with E-state index >= 15 is 0 Å². The van der Waals surface area contributed by atoms with E-state index in [9.17, 15) is 30.3 Å². The van der Waals surface area contributed by atoms with Crippen LogP contribution in [0, 0.1) is 0 Å². The quantitative estimate of drug-likeness (QED) is 0.235. The number of aliphatic hydroxyl groups excluding tert-OH is 8. The summed E-state index contributed by atoms with van der Waals surface area (Å²) in [6, 6.07) is 0. The molecule has 21 heavy (non-hydrogen) atoms. The lowest BCUT2D eigenvalue weighted by Gasteiger charge is -2.40. The zero-order valence-corrected chi connectivity index (χ0v) is 10.9. The van der Waals surface area contributed by atoms with E-state index in [2.05, 4.69) is 0 Å².